The van der Waals surface area contributed by atoms with Crippen molar-refractivity contribution in [3.8, 4) is 5.75 Å². The predicted octanol–water partition coefficient (Wildman–Crippen LogP) is 3.73. The molecule has 0 radical (unpaired) electrons. The molecule has 0 saturated heterocycles. The van der Waals surface area contributed by atoms with Gasteiger partial charge in [-0.05, 0) is 48.9 Å². The van der Waals surface area contributed by atoms with Crippen molar-refractivity contribution in [1.82, 2.24) is 5.32 Å². The SMILES string of the molecule is C[C@@H](NC(=O)COC(=O)c1ccc(O)cc1)c1ccc(Cl)cc1Cl. The van der Waals surface area contributed by atoms with E-state index in [1.807, 2.05) is 0 Å². The number of hydrogen-bond donors (Lipinski definition) is 2. The monoisotopic (exact) mass is 367 g/mol. The number of ether oxygens (including phenoxy) is 1. The maximum Gasteiger partial charge on any atom is 0.338 e. The minimum Gasteiger partial charge on any atom is -0.508 e. The van der Waals surface area contributed by atoms with Crippen LogP contribution in [0.5, 0.6) is 5.75 Å². The predicted molar refractivity (Wildman–Crippen MR) is 91.4 cm³/mol. The lowest BCUT2D eigenvalue weighted by atomic mass is 10.1. The normalized spacial score (nSPS) is 11.6. The van der Waals surface area contributed by atoms with Crippen molar-refractivity contribution < 1.29 is 19.4 Å². The second-order valence-corrected chi connectivity index (χ2v) is 5.92. The van der Waals surface area contributed by atoms with Crippen molar-refractivity contribution in [2.75, 3.05) is 6.61 Å². The third kappa shape index (κ3) is 4.88. The van der Waals surface area contributed by atoms with Gasteiger partial charge in [0.1, 0.15) is 5.75 Å². The molecule has 126 valence electrons. The molecule has 0 fully saturated rings. The number of benzene rings is 2. The van der Waals surface area contributed by atoms with Crippen molar-refractivity contribution in [2.24, 2.45) is 0 Å². The Balaban J connectivity index is 1.88. The second-order valence-electron chi connectivity index (χ2n) is 5.08. The quantitative estimate of drug-likeness (QED) is 0.789. The number of carbonyl (C=O) groups is 2. The third-order valence-corrected chi connectivity index (χ3v) is 3.81. The Labute approximate surface area is 149 Å². The first-order valence-electron chi connectivity index (χ1n) is 7.07. The Morgan fingerprint density at radius 1 is 1.17 bits per heavy atom. The Bertz CT molecular complexity index is 747. The molecule has 2 N–H and O–H groups in total. The Morgan fingerprint density at radius 2 is 1.83 bits per heavy atom. The highest BCUT2D eigenvalue weighted by Gasteiger charge is 2.15. The van der Waals surface area contributed by atoms with Crippen molar-refractivity contribution in [1.29, 1.82) is 0 Å². The van der Waals surface area contributed by atoms with Gasteiger partial charge in [0.05, 0.1) is 11.6 Å². The van der Waals surface area contributed by atoms with Crippen LogP contribution in [0.25, 0.3) is 0 Å². The van der Waals surface area contributed by atoms with Crippen LogP contribution in [0.2, 0.25) is 10.0 Å². The number of carbonyl (C=O) groups excluding carboxylic acids is 2. The number of aromatic hydroxyl groups is 1. The molecule has 2 rings (SSSR count). The van der Waals surface area contributed by atoms with Crippen LogP contribution in [0.4, 0.5) is 0 Å². The van der Waals surface area contributed by atoms with Gasteiger partial charge in [-0.1, -0.05) is 29.3 Å². The van der Waals surface area contributed by atoms with Gasteiger partial charge in [0.15, 0.2) is 6.61 Å². The molecule has 0 aliphatic heterocycles. The summed E-state index contributed by atoms with van der Waals surface area (Å²) in [5, 5.41) is 12.8. The highest BCUT2D eigenvalue weighted by molar-refractivity contribution is 6.35. The Morgan fingerprint density at radius 3 is 2.46 bits per heavy atom. The van der Waals surface area contributed by atoms with E-state index in [0.29, 0.717) is 15.6 Å². The van der Waals surface area contributed by atoms with Crippen LogP contribution in [0.1, 0.15) is 28.9 Å². The Kier molecular flexibility index (Phi) is 6.06. The molecule has 0 saturated carbocycles. The van der Waals surface area contributed by atoms with Crippen LogP contribution >= 0.6 is 23.2 Å². The van der Waals surface area contributed by atoms with Crippen LogP contribution in [0, 0.1) is 0 Å². The van der Waals surface area contributed by atoms with Gasteiger partial charge in [0.25, 0.3) is 5.91 Å². The molecule has 0 aromatic heterocycles. The zero-order valence-electron chi connectivity index (χ0n) is 12.8. The first-order chi connectivity index (χ1) is 11.4. The van der Waals surface area contributed by atoms with E-state index < -0.39 is 18.5 Å². The topological polar surface area (TPSA) is 75.6 Å². The van der Waals surface area contributed by atoms with Gasteiger partial charge < -0.3 is 15.2 Å². The first kappa shape index (κ1) is 18.1. The average molecular weight is 368 g/mol. The molecule has 0 unspecified atom stereocenters. The summed E-state index contributed by atoms with van der Waals surface area (Å²) >= 11 is 11.9. The average Bonchev–Trinajstić information content (AvgIpc) is 2.53. The van der Waals surface area contributed by atoms with Crippen molar-refractivity contribution in [2.45, 2.75) is 13.0 Å². The smallest absolute Gasteiger partial charge is 0.338 e. The van der Waals surface area contributed by atoms with E-state index in [4.69, 9.17) is 33.0 Å². The summed E-state index contributed by atoms with van der Waals surface area (Å²) in [6, 6.07) is 10.2. The molecular formula is C17H15Cl2NO4. The van der Waals surface area contributed by atoms with Crippen LogP contribution in [-0.4, -0.2) is 23.6 Å². The number of phenolic OH excluding ortho intramolecular Hbond substituents is 1. The van der Waals surface area contributed by atoms with Gasteiger partial charge in [-0.15, -0.1) is 0 Å². The fraction of sp³-hybridized carbons (Fsp3) is 0.176. The Hall–Kier alpha value is -2.24. The van der Waals surface area contributed by atoms with Crippen molar-refractivity contribution in [3.63, 3.8) is 0 Å². The third-order valence-electron chi connectivity index (χ3n) is 3.24. The number of rotatable bonds is 5. The van der Waals surface area contributed by atoms with Gasteiger partial charge in [-0.25, -0.2) is 4.79 Å². The summed E-state index contributed by atoms with van der Waals surface area (Å²) in [6.45, 7) is 1.34. The number of hydrogen-bond acceptors (Lipinski definition) is 4. The van der Waals surface area contributed by atoms with Gasteiger partial charge in [0.2, 0.25) is 0 Å². The second kappa shape index (κ2) is 8.04. The minimum absolute atomic E-state index is 0.0398. The van der Waals surface area contributed by atoms with Gasteiger partial charge in [-0.2, -0.15) is 0 Å². The molecule has 0 aliphatic rings. The molecule has 0 spiro atoms. The number of amides is 1. The van der Waals surface area contributed by atoms with E-state index in [1.54, 1.807) is 25.1 Å². The van der Waals surface area contributed by atoms with Crippen molar-refractivity contribution in [3.05, 3.63) is 63.6 Å². The van der Waals surface area contributed by atoms with Gasteiger partial charge in [0, 0.05) is 10.0 Å². The summed E-state index contributed by atoms with van der Waals surface area (Å²) in [6.07, 6.45) is 0. The lowest BCUT2D eigenvalue weighted by Gasteiger charge is -2.16. The van der Waals surface area contributed by atoms with Gasteiger partial charge >= 0.3 is 5.97 Å². The van der Waals surface area contributed by atoms with E-state index in [1.165, 1.54) is 24.3 Å². The molecule has 2 aromatic rings. The fourth-order valence-corrected chi connectivity index (χ4v) is 2.60. The summed E-state index contributed by atoms with van der Waals surface area (Å²) < 4.78 is 4.93. The molecule has 0 bridgehead atoms. The zero-order chi connectivity index (χ0) is 17.7. The van der Waals surface area contributed by atoms with E-state index >= 15 is 0 Å². The van der Waals surface area contributed by atoms with Crippen LogP contribution in [0.3, 0.4) is 0 Å². The summed E-state index contributed by atoms with van der Waals surface area (Å²) in [7, 11) is 0. The van der Waals surface area contributed by atoms with E-state index in [9.17, 15) is 9.59 Å². The zero-order valence-corrected chi connectivity index (χ0v) is 14.3. The number of halogens is 2. The summed E-state index contributed by atoms with van der Waals surface area (Å²) in [5.74, 6) is -1.07. The highest BCUT2D eigenvalue weighted by Crippen LogP contribution is 2.26. The summed E-state index contributed by atoms with van der Waals surface area (Å²) in [4.78, 5) is 23.7. The molecular weight excluding hydrogens is 353 g/mol. The van der Waals surface area contributed by atoms with Gasteiger partial charge in [-0.3, -0.25) is 4.79 Å². The molecule has 5 nitrogen and oxygen atoms in total. The molecule has 24 heavy (non-hydrogen) atoms. The number of esters is 1. The molecule has 0 heterocycles. The van der Waals surface area contributed by atoms with Crippen LogP contribution in [-0.2, 0) is 9.53 Å². The van der Waals surface area contributed by atoms with E-state index in [2.05, 4.69) is 5.32 Å². The number of nitrogens with one attached hydrogen (secondary N) is 1. The molecule has 1 amide bonds. The standard InChI is InChI=1S/C17H15Cl2NO4/c1-10(14-7-4-12(18)8-15(14)19)20-16(22)9-24-17(23)11-2-5-13(21)6-3-11/h2-8,10,21H,9H2,1H3,(H,20,22)/t10-/m1/s1. The van der Waals surface area contributed by atoms with E-state index in [0.717, 1.165) is 0 Å². The minimum atomic E-state index is -0.651. The van der Waals surface area contributed by atoms with Crippen LogP contribution < -0.4 is 5.32 Å². The first-order valence-corrected chi connectivity index (χ1v) is 7.83. The maximum absolute atomic E-state index is 11.9. The lowest BCUT2D eigenvalue weighted by Crippen LogP contribution is -2.31. The number of phenols is 1. The fourth-order valence-electron chi connectivity index (χ4n) is 2.03. The molecule has 2 aromatic carbocycles. The summed E-state index contributed by atoms with van der Waals surface area (Å²) in [5.41, 5.74) is 0.952. The van der Waals surface area contributed by atoms with E-state index in [-0.39, 0.29) is 17.4 Å². The maximum atomic E-state index is 11.9. The highest BCUT2D eigenvalue weighted by atomic mass is 35.5. The molecule has 7 heteroatoms. The van der Waals surface area contributed by atoms with Crippen molar-refractivity contribution >= 4 is 35.1 Å². The largest absolute Gasteiger partial charge is 0.508 e. The molecule has 0 aliphatic carbocycles. The lowest BCUT2D eigenvalue weighted by molar-refractivity contribution is -0.124. The molecule has 1 atom stereocenters. The van der Waals surface area contributed by atoms with Crippen LogP contribution in [0.15, 0.2) is 42.5 Å².